The van der Waals surface area contributed by atoms with Gasteiger partial charge in [0.2, 0.25) is 17.8 Å². The van der Waals surface area contributed by atoms with Gasteiger partial charge in [0.1, 0.15) is 12.1 Å². The lowest BCUT2D eigenvalue weighted by Gasteiger charge is -2.34. The standard InChI is InChI=1S/C27H33N11O2/c1-39-23-4-2-3-20(12-23)11-21-13-29-26(30-14-21)36-6-8-37(9-7-36)27-32-19-31-25(35-27)34-22-15-33-38(17-22)18-24-16-28-5-10-40-24/h2-4,12-15,17,19,24,28H,5-11,16,18H2,1H3,(H,31,32,34,35)/t24-/m0/s1. The van der Waals surface area contributed by atoms with Crippen LogP contribution in [0.15, 0.2) is 55.4 Å². The Bertz CT molecular complexity index is 1380. The van der Waals surface area contributed by atoms with Crippen LogP contribution in [-0.4, -0.2) is 93.8 Å². The number of anilines is 4. The first-order chi connectivity index (χ1) is 19.7. The Kier molecular flexibility index (Phi) is 7.91. The van der Waals surface area contributed by atoms with Crippen molar-refractivity contribution in [1.82, 2.24) is 40.0 Å². The summed E-state index contributed by atoms with van der Waals surface area (Å²) in [5.74, 6) is 2.71. The van der Waals surface area contributed by atoms with Gasteiger partial charge in [0.25, 0.3) is 0 Å². The quantitative estimate of drug-likeness (QED) is 0.317. The SMILES string of the molecule is COc1cccc(Cc2cnc(N3CCN(c4ncnc(Nc5cnn(C[C@@H]6CNCCO6)c5)n4)CC3)nc2)c1. The molecule has 40 heavy (non-hydrogen) atoms. The van der Waals surface area contributed by atoms with Gasteiger partial charge in [0.15, 0.2) is 0 Å². The second kappa shape index (κ2) is 12.2. The van der Waals surface area contributed by atoms with Crippen LogP contribution in [0.4, 0.5) is 23.5 Å². The summed E-state index contributed by atoms with van der Waals surface area (Å²) < 4.78 is 13.0. The summed E-state index contributed by atoms with van der Waals surface area (Å²) in [4.78, 5) is 26.9. The van der Waals surface area contributed by atoms with Crippen LogP contribution in [0.1, 0.15) is 11.1 Å². The van der Waals surface area contributed by atoms with E-state index in [2.05, 4.69) is 56.5 Å². The normalized spacial score (nSPS) is 17.6. The number of morpholine rings is 1. The van der Waals surface area contributed by atoms with Crippen LogP contribution in [0.5, 0.6) is 5.75 Å². The van der Waals surface area contributed by atoms with Gasteiger partial charge in [-0.15, -0.1) is 0 Å². The minimum absolute atomic E-state index is 0.117. The summed E-state index contributed by atoms with van der Waals surface area (Å²) in [5, 5.41) is 11.0. The van der Waals surface area contributed by atoms with E-state index in [9.17, 15) is 0 Å². The van der Waals surface area contributed by atoms with Crippen LogP contribution < -0.4 is 25.2 Å². The summed E-state index contributed by atoms with van der Waals surface area (Å²) in [6.45, 7) is 6.19. The second-order valence-electron chi connectivity index (χ2n) is 9.78. The Morgan fingerprint density at radius 3 is 2.60 bits per heavy atom. The molecule has 13 heteroatoms. The molecule has 13 nitrogen and oxygen atoms in total. The third-order valence-corrected chi connectivity index (χ3v) is 6.92. The van der Waals surface area contributed by atoms with Gasteiger partial charge in [0, 0.05) is 64.3 Å². The highest BCUT2D eigenvalue weighted by atomic mass is 16.5. The molecule has 6 rings (SSSR count). The number of piperazine rings is 1. The van der Waals surface area contributed by atoms with E-state index in [1.165, 1.54) is 6.33 Å². The minimum Gasteiger partial charge on any atom is -0.497 e. The van der Waals surface area contributed by atoms with Crippen molar-refractivity contribution in [2.24, 2.45) is 0 Å². The number of rotatable bonds is 9. The maximum atomic E-state index is 5.76. The lowest BCUT2D eigenvalue weighted by molar-refractivity contribution is 0.0161. The highest BCUT2D eigenvalue weighted by Crippen LogP contribution is 2.19. The molecule has 2 aliphatic rings. The summed E-state index contributed by atoms with van der Waals surface area (Å²) in [5.41, 5.74) is 3.04. The predicted molar refractivity (Wildman–Crippen MR) is 150 cm³/mol. The Morgan fingerprint density at radius 1 is 1.00 bits per heavy atom. The number of nitrogens with one attached hydrogen (secondary N) is 2. The molecular weight excluding hydrogens is 510 g/mol. The first-order valence-corrected chi connectivity index (χ1v) is 13.5. The molecule has 0 bridgehead atoms. The number of methoxy groups -OCH3 is 1. The molecule has 5 heterocycles. The Hall–Kier alpha value is -4.36. The number of aromatic nitrogens is 7. The van der Waals surface area contributed by atoms with Crippen molar-refractivity contribution in [1.29, 1.82) is 0 Å². The van der Waals surface area contributed by atoms with E-state index in [1.807, 2.05) is 41.5 Å². The van der Waals surface area contributed by atoms with Crippen LogP contribution >= 0.6 is 0 Å². The zero-order valence-electron chi connectivity index (χ0n) is 22.5. The summed E-state index contributed by atoms with van der Waals surface area (Å²) in [7, 11) is 1.68. The maximum absolute atomic E-state index is 5.76. The molecule has 2 N–H and O–H groups in total. The monoisotopic (exact) mass is 543 g/mol. The number of benzene rings is 1. The maximum Gasteiger partial charge on any atom is 0.232 e. The van der Waals surface area contributed by atoms with Gasteiger partial charge in [-0.05, 0) is 23.3 Å². The molecule has 1 aromatic carbocycles. The van der Waals surface area contributed by atoms with Crippen LogP contribution in [0.25, 0.3) is 0 Å². The number of hydrogen-bond donors (Lipinski definition) is 2. The number of hydrogen-bond acceptors (Lipinski definition) is 12. The van der Waals surface area contributed by atoms with Gasteiger partial charge >= 0.3 is 0 Å². The molecule has 0 saturated carbocycles. The van der Waals surface area contributed by atoms with E-state index in [0.29, 0.717) is 18.4 Å². The van der Waals surface area contributed by atoms with Crippen LogP contribution in [0.2, 0.25) is 0 Å². The molecule has 0 radical (unpaired) electrons. The van der Waals surface area contributed by atoms with Crippen LogP contribution in [0.3, 0.4) is 0 Å². The zero-order valence-corrected chi connectivity index (χ0v) is 22.5. The smallest absolute Gasteiger partial charge is 0.232 e. The van der Waals surface area contributed by atoms with Crippen molar-refractivity contribution in [3.8, 4) is 5.75 Å². The fraction of sp³-hybridized carbons (Fsp3) is 0.407. The first kappa shape index (κ1) is 25.9. The van der Waals surface area contributed by atoms with Crippen molar-refractivity contribution in [2.45, 2.75) is 19.1 Å². The van der Waals surface area contributed by atoms with Crippen molar-refractivity contribution in [3.63, 3.8) is 0 Å². The van der Waals surface area contributed by atoms with E-state index in [4.69, 9.17) is 9.47 Å². The average Bonchev–Trinajstić information content (AvgIpc) is 3.44. The lowest BCUT2D eigenvalue weighted by Crippen LogP contribution is -2.47. The van der Waals surface area contributed by atoms with Gasteiger partial charge in [0.05, 0.1) is 38.2 Å². The molecule has 208 valence electrons. The first-order valence-electron chi connectivity index (χ1n) is 13.5. The number of nitrogens with zero attached hydrogens (tertiary/aromatic N) is 9. The molecule has 2 aliphatic heterocycles. The third-order valence-electron chi connectivity index (χ3n) is 6.92. The molecule has 0 aliphatic carbocycles. The van der Waals surface area contributed by atoms with Gasteiger partial charge in [-0.25, -0.2) is 19.9 Å². The van der Waals surface area contributed by atoms with Crippen molar-refractivity contribution >= 4 is 23.5 Å². The predicted octanol–water partition coefficient (Wildman–Crippen LogP) is 1.52. The second-order valence-corrected chi connectivity index (χ2v) is 9.78. The fourth-order valence-corrected chi connectivity index (χ4v) is 4.83. The summed E-state index contributed by atoms with van der Waals surface area (Å²) >= 11 is 0. The van der Waals surface area contributed by atoms with E-state index in [0.717, 1.165) is 80.8 Å². The zero-order chi connectivity index (χ0) is 27.1. The van der Waals surface area contributed by atoms with E-state index >= 15 is 0 Å². The van der Waals surface area contributed by atoms with Crippen LogP contribution in [-0.2, 0) is 17.7 Å². The molecule has 1 atom stereocenters. The van der Waals surface area contributed by atoms with E-state index in [-0.39, 0.29) is 6.10 Å². The molecule has 2 saturated heterocycles. The Balaban J connectivity index is 1.01. The van der Waals surface area contributed by atoms with Crippen LogP contribution in [0, 0.1) is 0 Å². The van der Waals surface area contributed by atoms with Gasteiger partial charge in [-0.1, -0.05) is 12.1 Å². The van der Waals surface area contributed by atoms with Gasteiger partial charge in [-0.3, -0.25) is 4.68 Å². The fourth-order valence-electron chi connectivity index (χ4n) is 4.83. The average molecular weight is 544 g/mol. The third kappa shape index (κ3) is 6.43. The Labute approximate surface area is 232 Å². The molecule has 0 unspecified atom stereocenters. The van der Waals surface area contributed by atoms with Crippen molar-refractivity contribution in [2.75, 3.05) is 68.1 Å². The number of ether oxygens (including phenoxy) is 2. The molecule has 0 amide bonds. The minimum atomic E-state index is 0.117. The summed E-state index contributed by atoms with van der Waals surface area (Å²) in [6.07, 6.45) is 9.91. The lowest BCUT2D eigenvalue weighted by atomic mass is 10.1. The molecule has 2 fully saturated rings. The topological polar surface area (TPSA) is 131 Å². The van der Waals surface area contributed by atoms with E-state index < -0.39 is 0 Å². The van der Waals surface area contributed by atoms with Gasteiger partial charge in [-0.2, -0.15) is 10.1 Å². The van der Waals surface area contributed by atoms with Gasteiger partial charge < -0.3 is 29.9 Å². The molecule has 0 spiro atoms. The Morgan fingerprint density at radius 2 is 1.82 bits per heavy atom. The van der Waals surface area contributed by atoms with Crippen molar-refractivity contribution in [3.05, 3.63) is 66.5 Å². The highest BCUT2D eigenvalue weighted by Gasteiger charge is 2.21. The largest absolute Gasteiger partial charge is 0.497 e. The molecule has 4 aromatic rings. The molecule has 3 aromatic heterocycles. The van der Waals surface area contributed by atoms with E-state index in [1.54, 1.807) is 13.3 Å². The molecular formula is C27H33N11O2. The highest BCUT2D eigenvalue weighted by molar-refractivity contribution is 5.51. The summed E-state index contributed by atoms with van der Waals surface area (Å²) in [6, 6.07) is 8.05. The van der Waals surface area contributed by atoms with Crippen molar-refractivity contribution < 1.29 is 9.47 Å².